The van der Waals surface area contributed by atoms with E-state index >= 15 is 0 Å². The summed E-state index contributed by atoms with van der Waals surface area (Å²) in [6, 6.07) is 9.44. The summed E-state index contributed by atoms with van der Waals surface area (Å²) in [6.45, 7) is 2.59. The highest BCUT2D eigenvalue weighted by Gasteiger charge is 2.20. The summed E-state index contributed by atoms with van der Waals surface area (Å²) < 4.78 is 5.55. The van der Waals surface area contributed by atoms with Crippen LogP contribution < -0.4 is 10.1 Å². The Bertz CT molecular complexity index is 805. The van der Waals surface area contributed by atoms with Gasteiger partial charge in [-0.15, -0.1) is 0 Å². The van der Waals surface area contributed by atoms with Crippen LogP contribution in [0.15, 0.2) is 42.5 Å². The zero-order valence-corrected chi connectivity index (χ0v) is 14.0. The minimum Gasteiger partial charge on any atom is -0.494 e. The second-order valence-electron chi connectivity index (χ2n) is 5.44. The van der Waals surface area contributed by atoms with Gasteiger partial charge in [-0.3, -0.25) is 25.0 Å². The molecule has 0 fully saturated rings. The van der Waals surface area contributed by atoms with Crippen molar-refractivity contribution in [2.24, 2.45) is 0 Å². The Morgan fingerprint density at radius 3 is 2.31 bits per heavy atom. The Balaban J connectivity index is 2.20. The lowest BCUT2D eigenvalue weighted by Gasteiger charge is -2.09. The van der Waals surface area contributed by atoms with Crippen LogP contribution in [0.2, 0.25) is 0 Å². The van der Waals surface area contributed by atoms with E-state index in [1.807, 2.05) is 6.92 Å². The number of carbonyl (C=O) groups is 1. The zero-order chi connectivity index (χ0) is 19.1. The molecule has 1 N–H and O–H groups in total. The molecule has 0 saturated heterocycles. The molecule has 0 radical (unpaired) electrons. The van der Waals surface area contributed by atoms with E-state index < -0.39 is 27.1 Å². The molecule has 26 heavy (non-hydrogen) atoms. The summed E-state index contributed by atoms with van der Waals surface area (Å²) in [7, 11) is 0. The summed E-state index contributed by atoms with van der Waals surface area (Å²) in [4.78, 5) is 32.6. The van der Waals surface area contributed by atoms with Gasteiger partial charge in [0, 0.05) is 23.9 Å². The van der Waals surface area contributed by atoms with Crippen LogP contribution in [-0.2, 0) is 0 Å². The predicted molar refractivity (Wildman–Crippen MR) is 94.5 cm³/mol. The maximum atomic E-state index is 12.3. The number of benzene rings is 2. The summed E-state index contributed by atoms with van der Waals surface area (Å²) in [6.07, 6.45) is 1.88. The molecular formula is C17H17N3O6. The van der Waals surface area contributed by atoms with Crippen LogP contribution in [0, 0.1) is 20.2 Å². The molecule has 0 spiro atoms. The van der Waals surface area contributed by atoms with Crippen molar-refractivity contribution in [2.75, 3.05) is 11.9 Å². The molecule has 136 valence electrons. The van der Waals surface area contributed by atoms with E-state index in [1.165, 1.54) is 0 Å². The zero-order valence-electron chi connectivity index (χ0n) is 14.0. The predicted octanol–water partition coefficient (Wildman–Crippen LogP) is 3.93. The number of non-ortho nitro benzene ring substituents is 2. The molecule has 2 aromatic carbocycles. The smallest absolute Gasteiger partial charge is 0.277 e. The Hall–Kier alpha value is -3.49. The number of hydrogen-bond acceptors (Lipinski definition) is 6. The molecule has 2 aromatic rings. The van der Waals surface area contributed by atoms with Crippen LogP contribution in [0.4, 0.5) is 17.1 Å². The Morgan fingerprint density at radius 1 is 1.08 bits per heavy atom. The third-order valence-electron chi connectivity index (χ3n) is 3.44. The Kier molecular flexibility index (Phi) is 6.20. The van der Waals surface area contributed by atoms with Crippen molar-refractivity contribution in [3.63, 3.8) is 0 Å². The molecule has 9 nitrogen and oxygen atoms in total. The number of hydrogen-bond donors (Lipinski definition) is 1. The first-order chi connectivity index (χ1) is 12.4. The molecule has 0 atom stereocenters. The molecular weight excluding hydrogens is 342 g/mol. The van der Waals surface area contributed by atoms with Gasteiger partial charge in [-0.1, -0.05) is 19.4 Å². The highest BCUT2D eigenvalue weighted by molar-refractivity contribution is 6.05. The van der Waals surface area contributed by atoms with Crippen molar-refractivity contribution in [3.05, 3.63) is 68.3 Å². The van der Waals surface area contributed by atoms with Crippen molar-refractivity contribution in [2.45, 2.75) is 19.8 Å². The molecule has 0 unspecified atom stereocenters. The molecule has 0 aliphatic rings. The third-order valence-corrected chi connectivity index (χ3v) is 3.44. The maximum Gasteiger partial charge on any atom is 0.277 e. The number of amides is 1. The molecule has 9 heteroatoms. The van der Waals surface area contributed by atoms with Crippen LogP contribution in [0.5, 0.6) is 5.75 Å². The van der Waals surface area contributed by atoms with E-state index in [9.17, 15) is 25.0 Å². The lowest BCUT2D eigenvalue weighted by atomic mass is 10.1. The van der Waals surface area contributed by atoms with Gasteiger partial charge in [0.25, 0.3) is 17.3 Å². The topological polar surface area (TPSA) is 125 Å². The SMILES string of the molecule is CCCCOc1cccc(NC(=O)c2cc([N+](=O)[O-])cc([N+](=O)[O-])c2)c1. The molecule has 0 aliphatic heterocycles. The number of nitro benzene ring substituents is 2. The Labute approximate surface area is 148 Å². The molecule has 2 rings (SSSR count). The number of ether oxygens (including phenoxy) is 1. The molecule has 0 aliphatic carbocycles. The van der Waals surface area contributed by atoms with Gasteiger partial charge in [-0.05, 0) is 18.6 Å². The quantitative estimate of drug-likeness (QED) is 0.432. The van der Waals surface area contributed by atoms with Crippen LogP contribution in [0.3, 0.4) is 0 Å². The Morgan fingerprint density at radius 2 is 1.73 bits per heavy atom. The fourth-order valence-corrected chi connectivity index (χ4v) is 2.14. The van der Waals surface area contributed by atoms with E-state index in [2.05, 4.69) is 5.32 Å². The van der Waals surface area contributed by atoms with Crippen molar-refractivity contribution in [1.82, 2.24) is 0 Å². The lowest BCUT2D eigenvalue weighted by Crippen LogP contribution is -2.12. The van der Waals surface area contributed by atoms with E-state index in [1.54, 1.807) is 24.3 Å². The largest absolute Gasteiger partial charge is 0.494 e. The molecule has 0 aromatic heterocycles. The van der Waals surface area contributed by atoms with Crippen molar-refractivity contribution < 1.29 is 19.4 Å². The van der Waals surface area contributed by atoms with Gasteiger partial charge >= 0.3 is 0 Å². The van der Waals surface area contributed by atoms with Crippen LogP contribution in [-0.4, -0.2) is 22.4 Å². The average Bonchev–Trinajstić information content (AvgIpc) is 2.61. The minimum absolute atomic E-state index is 0.178. The number of nitrogens with one attached hydrogen (secondary N) is 1. The van der Waals surface area contributed by atoms with E-state index in [-0.39, 0.29) is 5.56 Å². The van der Waals surface area contributed by atoms with Crippen molar-refractivity contribution in [1.29, 1.82) is 0 Å². The lowest BCUT2D eigenvalue weighted by molar-refractivity contribution is -0.394. The number of nitro groups is 2. The number of nitrogens with zero attached hydrogens (tertiary/aromatic N) is 2. The van der Waals surface area contributed by atoms with Gasteiger partial charge < -0.3 is 10.1 Å². The third kappa shape index (κ3) is 5.00. The fourth-order valence-electron chi connectivity index (χ4n) is 2.14. The van der Waals surface area contributed by atoms with Gasteiger partial charge in [0.2, 0.25) is 0 Å². The average molecular weight is 359 g/mol. The van der Waals surface area contributed by atoms with E-state index in [0.717, 1.165) is 31.0 Å². The number of rotatable bonds is 8. The first-order valence-corrected chi connectivity index (χ1v) is 7.88. The monoisotopic (exact) mass is 359 g/mol. The number of carbonyl (C=O) groups excluding carboxylic acids is 1. The molecule has 0 bridgehead atoms. The first-order valence-electron chi connectivity index (χ1n) is 7.88. The van der Waals surface area contributed by atoms with Gasteiger partial charge in [0.15, 0.2) is 0 Å². The first kappa shape index (κ1) is 18.8. The van der Waals surface area contributed by atoms with Gasteiger partial charge in [0.1, 0.15) is 5.75 Å². The van der Waals surface area contributed by atoms with Crippen LogP contribution >= 0.6 is 0 Å². The van der Waals surface area contributed by atoms with Crippen molar-refractivity contribution in [3.8, 4) is 5.75 Å². The summed E-state index contributed by atoms with van der Waals surface area (Å²) in [5, 5.41) is 24.4. The van der Waals surface area contributed by atoms with Gasteiger partial charge in [-0.25, -0.2) is 0 Å². The van der Waals surface area contributed by atoms with E-state index in [0.29, 0.717) is 18.0 Å². The highest BCUT2D eigenvalue weighted by atomic mass is 16.6. The second-order valence-corrected chi connectivity index (χ2v) is 5.44. The number of anilines is 1. The van der Waals surface area contributed by atoms with Gasteiger partial charge in [0.05, 0.1) is 28.1 Å². The summed E-state index contributed by atoms with van der Waals surface area (Å²) in [5.74, 6) is -0.121. The summed E-state index contributed by atoms with van der Waals surface area (Å²) in [5.41, 5.74) is -0.816. The summed E-state index contributed by atoms with van der Waals surface area (Å²) >= 11 is 0. The fraction of sp³-hybridized carbons (Fsp3) is 0.235. The normalized spacial score (nSPS) is 10.2. The molecule has 0 saturated carbocycles. The van der Waals surface area contributed by atoms with Gasteiger partial charge in [-0.2, -0.15) is 0 Å². The van der Waals surface area contributed by atoms with Crippen molar-refractivity contribution >= 4 is 23.0 Å². The maximum absolute atomic E-state index is 12.3. The number of unbranched alkanes of at least 4 members (excludes halogenated alkanes) is 1. The van der Waals surface area contributed by atoms with E-state index in [4.69, 9.17) is 4.74 Å². The highest BCUT2D eigenvalue weighted by Crippen LogP contribution is 2.24. The second kappa shape index (κ2) is 8.56. The standard InChI is InChI=1S/C17H17N3O6/c1-2-3-7-26-16-6-4-5-13(10-16)18-17(21)12-8-14(19(22)23)11-15(9-12)20(24)25/h4-6,8-11H,2-3,7H2,1H3,(H,18,21). The van der Waals surface area contributed by atoms with Crippen LogP contribution in [0.25, 0.3) is 0 Å². The molecule has 1 amide bonds. The molecule has 0 heterocycles. The van der Waals surface area contributed by atoms with Crippen LogP contribution in [0.1, 0.15) is 30.1 Å². The minimum atomic E-state index is -0.786.